The van der Waals surface area contributed by atoms with Crippen molar-refractivity contribution in [3.63, 3.8) is 0 Å². The summed E-state index contributed by atoms with van der Waals surface area (Å²) in [6.07, 6.45) is -0.0854. The number of amides is 2. The average molecular weight is 236 g/mol. The van der Waals surface area contributed by atoms with Crippen LogP contribution >= 0.6 is 15.9 Å². The molecule has 12 heavy (non-hydrogen) atoms. The first kappa shape index (κ1) is 9.67. The van der Waals surface area contributed by atoms with Crippen molar-refractivity contribution in [2.75, 3.05) is 11.9 Å². The molecule has 1 heterocycles. The van der Waals surface area contributed by atoms with Crippen LogP contribution in [0.15, 0.2) is 0 Å². The van der Waals surface area contributed by atoms with Crippen LogP contribution in [0.25, 0.3) is 0 Å². The second-order valence-electron chi connectivity index (χ2n) is 2.71. The summed E-state index contributed by atoms with van der Waals surface area (Å²) in [5, 5.41) is 9.54. The Morgan fingerprint density at radius 3 is 2.33 bits per heavy atom. The van der Waals surface area contributed by atoms with Gasteiger partial charge in [-0.15, -0.1) is 0 Å². The van der Waals surface area contributed by atoms with E-state index in [-0.39, 0.29) is 31.2 Å². The molecule has 1 fully saturated rings. The fourth-order valence-electron chi connectivity index (χ4n) is 1.09. The maximum absolute atomic E-state index is 11.0. The molecular weight excluding hydrogens is 226 g/mol. The number of β-amino-alcohol motifs (C(OH)–C–C–N with tert-alkyl or cyclic N) is 1. The summed E-state index contributed by atoms with van der Waals surface area (Å²) in [6, 6.07) is 0. The molecule has 4 nitrogen and oxygen atoms in total. The van der Waals surface area contributed by atoms with E-state index in [9.17, 15) is 9.59 Å². The molecule has 68 valence electrons. The molecule has 1 aliphatic rings. The zero-order valence-electron chi connectivity index (χ0n) is 6.49. The molecule has 0 radical (unpaired) electrons. The van der Waals surface area contributed by atoms with Crippen LogP contribution in [-0.2, 0) is 9.59 Å². The molecule has 0 saturated carbocycles. The van der Waals surface area contributed by atoms with Gasteiger partial charge in [0, 0.05) is 18.2 Å². The summed E-state index contributed by atoms with van der Waals surface area (Å²) >= 11 is 3.06. The number of likely N-dealkylation sites (tertiary alicyclic amines) is 1. The predicted octanol–water partition coefficient (Wildman–Crippen LogP) is -0.109. The second-order valence-corrected chi connectivity index (χ2v) is 3.35. The minimum atomic E-state index is -0.656. The highest BCUT2D eigenvalue weighted by molar-refractivity contribution is 9.09. The second kappa shape index (κ2) is 4.00. The first-order valence-electron chi connectivity index (χ1n) is 3.72. The van der Waals surface area contributed by atoms with Crippen molar-refractivity contribution in [1.29, 1.82) is 0 Å². The lowest BCUT2D eigenvalue weighted by Crippen LogP contribution is -2.36. The van der Waals surface area contributed by atoms with Gasteiger partial charge >= 0.3 is 0 Å². The normalized spacial score (nSPS) is 20.3. The van der Waals surface area contributed by atoms with Crippen LogP contribution in [0, 0.1) is 0 Å². The maximum Gasteiger partial charge on any atom is 0.229 e. The van der Waals surface area contributed by atoms with Crippen LogP contribution in [0.3, 0.4) is 0 Å². The summed E-state index contributed by atoms with van der Waals surface area (Å²) in [5.74, 6) is -0.361. The van der Waals surface area contributed by atoms with Crippen molar-refractivity contribution >= 4 is 27.7 Å². The number of alkyl halides is 1. The van der Waals surface area contributed by atoms with Crippen molar-refractivity contribution < 1.29 is 14.7 Å². The van der Waals surface area contributed by atoms with E-state index in [1.165, 1.54) is 0 Å². The van der Waals surface area contributed by atoms with Gasteiger partial charge in [0.15, 0.2) is 0 Å². The number of hydrogen-bond donors (Lipinski definition) is 1. The van der Waals surface area contributed by atoms with Gasteiger partial charge in [-0.05, 0) is 0 Å². The SMILES string of the molecule is O=C1CCC(=O)N1CC(O)CBr. The van der Waals surface area contributed by atoms with Crippen molar-refractivity contribution in [1.82, 2.24) is 4.90 Å². The first-order chi connectivity index (χ1) is 5.65. The highest BCUT2D eigenvalue weighted by Gasteiger charge is 2.29. The number of rotatable bonds is 3. The molecule has 0 spiro atoms. The van der Waals surface area contributed by atoms with Gasteiger partial charge in [-0.1, -0.05) is 15.9 Å². The van der Waals surface area contributed by atoms with Crippen LogP contribution in [0.5, 0.6) is 0 Å². The summed E-state index contributed by atoms with van der Waals surface area (Å²) < 4.78 is 0. The third kappa shape index (κ3) is 2.04. The zero-order chi connectivity index (χ0) is 9.14. The molecule has 1 saturated heterocycles. The number of aliphatic hydroxyl groups is 1. The third-order valence-corrected chi connectivity index (χ3v) is 2.47. The van der Waals surface area contributed by atoms with Crippen molar-refractivity contribution in [2.24, 2.45) is 0 Å². The van der Waals surface area contributed by atoms with Gasteiger partial charge in [-0.2, -0.15) is 0 Å². The van der Waals surface area contributed by atoms with E-state index in [0.717, 1.165) is 4.90 Å². The molecule has 1 aliphatic heterocycles. The quantitative estimate of drug-likeness (QED) is 0.549. The predicted molar refractivity (Wildman–Crippen MR) is 45.8 cm³/mol. The van der Waals surface area contributed by atoms with Gasteiger partial charge in [-0.3, -0.25) is 14.5 Å². The summed E-state index contributed by atoms with van der Waals surface area (Å²) in [7, 11) is 0. The Morgan fingerprint density at radius 1 is 1.42 bits per heavy atom. The Morgan fingerprint density at radius 2 is 1.92 bits per heavy atom. The van der Waals surface area contributed by atoms with Crippen LogP contribution in [-0.4, -0.2) is 39.8 Å². The standard InChI is InChI=1S/C7H10BrNO3/c8-3-5(10)4-9-6(11)1-2-7(9)12/h5,10H,1-4H2. The number of hydrogen-bond acceptors (Lipinski definition) is 3. The van der Waals surface area contributed by atoms with Gasteiger partial charge < -0.3 is 5.11 Å². The molecule has 2 amide bonds. The van der Waals surface area contributed by atoms with Crippen LogP contribution in [0.1, 0.15) is 12.8 Å². The number of nitrogens with zero attached hydrogens (tertiary/aromatic N) is 1. The molecule has 0 aromatic rings. The van der Waals surface area contributed by atoms with E-state index in [1.807, 2.05) is 0 Å². The number of carbonyl (C=O) groups excluding carboxylic acids is 2. The van der Waals surface area contributed by atoms with Crippen molar-refractivity contribution in [3.05, 3.63) is 0 Å². The lowest BCUT2D eigenvalue weighted by molar-refractivity contribution is -0.139. The molecule has 0 aliphatic carbocycles. The first-order valence-corrected chi connectivity index (χ1v) is 4.84. The van der Waals surface area contributed by atoms with E-state index < -0.39 is 6.10 Å². The van der Waals surface area contributed by atoms with E-state index in [2.05, 4.69) is 15.9 Å². The van der Waals surface area contributed by atoms with Gasteiger partial charge in [0.05, 0.1) is 12.6 Å². The average Bonchev–Trinajstić information content (AvgIpc) is 2.35. The van der Waals surface area contributed by atoms with E-state index in [1.54, 1.807) is 0 Å². The monoisotopic (exact) mass is 235 g/mol. The van der Waals surface area contributed by atoms with E-state index in [0.29, 0.717) is 5.33 Å². The molecule has 0 bridgehead atoms. The van der Waals surface area contributed by atoms with Gasteiger partial charge in [-0.25, -0.2) is 0 Å². The lowest BCUT2D eigenvalue weighted by Gasteiger charge is -2.16. The lowest BCUT2D eigenvalue weighted by atomic mass is 10.4. The Hall–Kier alpha value is -0.420. The molecule has 1 atom stereocenters. The van der Waals surface area contributed by atoms with Crippen molar-refractivity contribution in [2.45, 2.75) is 18.9 Å². The van der Waals surface area contributed by atoms with Gasteiger partial charge in [0.1, 0.15) is 0 Å². The number of carbonyl (C=O) groups is 2. The molecular formula is C7H10BrNO3. The summed E-state index contributed by atoms with van der Waals surface area (Å²) in [6.45, 7) is 0.114. The molecule has 0 aromatic heterocycles. The van der Waals surface area contributed by atoms with Gasteiger partial charge in [0.2, 0.25) is 11.8 Å². The van der Waals surface area contributed by atoms with Crippen LogP contribution in [0.2, 0.25) is 0 Å². The summed E-state index contributed by atoms with van der Waals surface area (Å²) in [5.41, 5.74) is 0. The smallest absolute Gasteiger partial charge is 0.229 e. The van der Waals surface area contributed by atoms with Crippen LogP contribution < -0.4 is 0 Å². The Labute approximate surface area is 78.7 Å². The molecule has 1 N–H and O–H groups in total. The fraction of sp³-hybridized carbons (Fsp3) is 0.714. The number of halogens is 1. The van der Waals surface area contributed by atoms with E-state index in [4.69, 9.17) is 5.11 Å². The van der Waals surface area contributed by atoms with Crippen molar-refractivity contribution in [3.8, 4) is 0 Å². The molecule has 5 heteroatoms. The highest BCUT2D eigenvalue weighted by atomic mass is 79.9. The van der Waals surface area contributed by atoms with E-state index >= 15 is 0 Å². The maximum atomic E-state index is 11.0. The topological polar surface area (TPSA) is 57.6 Å². The minimum absolute atomic E-state index is 0.114. The zero-order valence-corrected chi connectivity index (χ0v) is 8.08. The largest absolute Gasteiger partial charge is 0.390 e. The number of imide groups is 1. The number of aliphatic hydroxyl groups excluding tert-OH is 1. The fourth-order valence-corrected chi connectivity index (χ4v) is 1.29. The Bertz CT molecular complexity index is 191. The van der Waals surface area contributed by atoms with Gasteiger partial charge in [0.25, 0.3) is 0 Å². The molecule has 1 unspecified atom stereocenters. The minimum Gasteiger partial charge on any atom is -0.390 e. The van der Waals surface area contributed by atoms with Crippen LogP contribution in [0.4, 0.5) is 0 Å². The highest BCUT2D eigenvalue weighted by Crippen LogP contribution is 2.12. The summed E-state index contributed by atoms with van der Waals surface area (Å²) in [4.78, 5) is 23.1. The molecule has 0 aromatic carbocycles. The molecule has 1 rings (SSSR count). The Kier molecular flexibility index (Phi) is 3.22. The Balaban J connectivity index is 2.50. The third-order valence-electron chi connectivity index (χ3n) is 1.73.